The maximum Gasteiger partial charge on any atom is 0.256 e. The number of piperidine rings is 3. The van der Waals surface area contributed by atoms with Gasteiger partial charge in [0.2, 0.25) is 0 Å². The van der Waals surface area contributed by atoms with Gasteiger partial charge in [-0.25, -0.2) is 0 Å². The molecule has 0 aromatic heterocycles. The fraction of sp³-hybridized carbons (Fsp3) is 0.588. The smallest absolute Gasteiger partial charge is 0.256 e. The van der Waals surface area contributed by atoms with E-state index in [4.69, 9.17) is 16.3 Å². The second-order valence-electron chi connectivity index (χ2n) is 6.78. The van der Waals surface area contributed by atoms with E-state index in [9.17, 15) is 4.79 Å². The normalized spacial score (nSPS) is 29.0. The molecule has 124 valence electrons. The first-order valence-electron chi connectivity index (χ1n) is 8.34. The quantitative estimate of drug-likeness (QED) is 0.901. The summed E-state index contributed by atoms with van der Waals surface area (Å²) in [5.41, 5.74) is 1.43. The van der Waals surface area contributed by atoms with Crippen molar-refractivity contribution in [1.29, 1.82) is 0 Å². The van der Waals surface area contributed by atoms with Crippen LogP contribution in [0.4, 0.5) is 5.69 Å². The molecule has 0 spiro atoms. The minimum absolute atomic E-state index is 0.0865. The number of benzene rings is 1. The second-order valence-corrected chi connectivity index (χ2v) is 7.21. The van der Waals surface area contributed by atoms with Gasteiger partial charge in [-0.1, -0.05) is 11.6 Å². The first-order valence-corrected chi connectivity index (χ1v) is 8.72. The largest absolute Gasteiger partial charge is 0.489 e. The zero-order chi connectivity index (χ0) is 16.0. The van der Waals surface area contributed by atoms with Crippen molar-refractivity contribution in [3.8, 4) is 5.75 Å². The second kappa shape index (κ2) is 5.87. The molecule has 23 heavy (non-hydrogen) atoms. The Kier molecular flexibility index (Phi) is 3.85. The fourth-order valence-electron chi connectivity index (χ4n) is 3.93. The first kappa shape index (κ1) is 15.1. The number of anilines is 1. The van der Waals surface area contributed by atoms with Gasteiger partial charge in [-0.2, -0.15) is 0 Å². The Morgan fingerprint density at radius 3 is 2.78 bits per heavy atom. The summed E-state index contributed by atoms with van der Waals surface area (Å²) in [7, 11) is 1.99. The number of hydrogen-bond donors (Lipinski definition) is 1. The molecule has 3 fully saturated rings. The Morgan fingerprint density at radius 1 is 1.30 bits per heavy atom. The number of likely N-dealkylation sites (N-methyl/N-ethyl adjacent to an activating group) is 1. The highest BCUT2D eigenvalue weighted by atomic mass is 35.5. The summed E-state index contributed by atoms with van der Waals surface area (Å²) in [5, 5.41) is 3.75. The Hall–Kier alpha value is -1.46. The predicted molar refractivity (Wildman–Crippen MR) is 90.4 cm³/mol. The molecule has 1 N–H and O–H groups in total. The summed E-state index contributed by atoms with van der Waals surface area (Å²) < 4.78 is 5.78. The Labute approximate surface area is 141 Å². The summed E-state index contributed by atoms with van der Waals surface area (Å²) in [6.07, 6.45) is 3.71. The Balaban J connectivity index is 1.59. The van der Waals surface area contributed by atoms with Crippen LogP contribution in [0.1, 0.15) is 29.6 Å². The van der Waals surface area contributed by atoms with E-state index in [0.717, 1.165) is 37.7 Å². The zero-order valence-corrected chi connectivity index (χ0v) is 14.1. The van der Waals surface area contributed by atoms with E-state index in [0.29, 0.717) is 22.9 Å². The number of amides is 1. The van der Waals surface area contributed by atoms with Crippen molar-refractivity contribution in [2.45, 2.75) is 25.4 Å². The SMILES string of the molecule is CN1CCOc2c(C(=O)N[C@H]3CC4CCN3CC4)cc(Cl)cc21. The molecule has 2 bridgehead atoms. The lowest BCUT2D eigenvalue weighted by Crippen LogP contribution is -2.56. The van der Waals surface area contributed by atoms with Gasteiger partial charge >= 0.3 is 0 Å². The molecule has 1 amide bonds. The number of carbonyl (C=O) groups excluding carboxylic acids is 1. The van der Waals surface area contributed by atoms with Gasteiger partial charge in [-0.05, 0) is 37.3 Å². The van der Waals surface area contributed by atoms with Crippen LogP contribution in [0, 0.1) is 5.92 Å². The zero-order valence-electron chi connectivity index (χ0n) is 13.3. The van der Waals surface area contributed by atoms with Gasteiger partial charge in [0.1, 0.15) is 6.61 Å². The average Bonchev–Trinajstić information content (AvgIpc) is 2.56. The molecule has 5 rings (SSSR count). The molecular formula is C17H22ClN3O2. The minimum atomic E-state index is -0.0865. The third-order valence-electron chi connectivity index (χ3n) is 5.31. The molecular weight excluding hydrogens is 314 g/mol. The number of carbonyl (C=O) groups is 1. The Bertz CT molecular complexity index is 629. The van der Waals surface area contributed by atoms with E-state index in [1.165, 1.54) is 12.8 Å². The average molecular weight is 336 g/mol. The van der Waals surface area contributed by atoms with Crippen LogP contribution in [-0.4, -0.2) is 50.3 Å². The van der Waals surface area contributed by atoms with E-state index in [-0.39, 0.29) is 12.1 Å². The molecule has 1 aromatic carbocycles. The van der Waals surface area contributed by atoms with Crippen LogP contribution >= 0.6 is 11.6 Å². The van der Waals surface area contributed by atoms with Crippen LogP contribution in [0.5, 0.6) is 5.75 Å². The highest BCUT2D eigenvalue weighted by molar-refractivity contribution is 6.31. The van der Waals surface area contributed by atoms with E-state index >= 15 is 0 Å². The first-order chi connectivity index (χ1) is 11.1. The molecule has 6 heteroatoms. The lowest BCUT2D eigenvalue weighted by Gasteiger charge is -2.45. The molecule has 0 radical (unpaired) electrons. The molecule has 4 aliphatic rings. The molecule has 3 saturated heterocycles. The number of rotatable bonds is 2. The maximum atomic E-state index is 12.8. The fourth-order valence-corrected chi connectivity index (χ4v) is 4.15. The van der Waals surface area contributed by atoms with Crippen LogP contribution < -0.4 is 15.0 Å². The van der Waals surface area contributed by atoms with Crippen molar-refractivity contribution >= 4 is 23.2 Å². The maximum absolute atomic E-state index is 12.8. The number of ether oxygens (including phenoxy) is 1. The molecule has 0 aliphatic carbocycles. The monoisotopic (exact) mass is 335 g/mol. The number of nitrogens with zero attached hydrogens (tertiary/aromatic N) is 2. The van der Waals surface area contributed by atoms with Crippen molar-refractivity contribution in [1.82, 2.24) is 10.2 Å². The van der Waals surface area contributed by atoms with Crippen molar-refractivity contribution in [3.05, 3.63) is 22.7 Å². The molecule has 0 saturated carbocycles. The van der Waals surface area contributed by atoms with Gasteiger partial charge < -0.3 is 15.0 Å². The number of hydrogen-bond acceptors (Lipinski definition) is 4. The van der Waals surface area contributed by atoms with Crippen molar-refractivity contribution in [2.24, 2.45) is 5.92 Å². The van der Waals surface area contributed by atoms with E-state index < -0.39 is 0 Å². The highest BCUT2D eigenvalue weighted by Crippen LogP contribution is 2.37. The van der Waals surface area contributed by atoms with Crippen LogP contribution in [0.3, 0.4) is 0 Å². The third kappa shape index (κ3) is 2.76. The van der Waals surface area contributed by atoms with E-state index in [2.05, 4.69) is 15.1 Å². The summed E-state index contributed by atoms with van der Waals surface area (Å²) in [6.45, 7) is 3.56. The molecule has 4 aliphatic heterocycles. The minimum Gasteiger partial charge on any atom is -0.489 e. The lowest BCUT2D eigenvalue weighted by atomic mass is 9.86. The van der Waals surface area contributed by atoms with Gasteiger partial charge in [-0.15, -0.1) is 0 Å². The topological polar surface area (TPSA) is 44.8 Å². The number of fused-ring (bicyclic) bond motifs is 4. The van der Waals surface area contributed by atoms with Crippen molar-refractivity contribution < 1.29 is 9.53 Å². The molecule has 0 unspecified atom stereocenters. The van der Waals surface area contributed by atoms with Gasteiger partial charge in [0.05, 0.1) is 24.0 Å². The van der Waals surface area contributed by atoms with Crippen molar-refractivity contribution in [3.63, 3.8) is 0 Å². The molecule has 1 aromatic rings. The number of halogens is 1. The summed E-state index contributed by atoms with van der Waals surface area (Å²) in [6, 6.07) is 3.57. The summed E-state index contributed by atoms with van der Waals surface area (Å²) in [4.78, 5) is 17.3. The van der Waals surface area contributed by atoms with E-state index in [1.807, 2.05) is 13.1 Å². The van der Waals surface area contributed by atoms with E-state index in [1.54, 1.807) is 6.07 Å². The van der Waals surface area contributed by atoms with Gasteiger partial charge in [0, 0.05) is 25.2 Å². The standard InChI is InChI=1S/C17H22ClN3O2/c1-20-6-7-23-16-13(9-12(18)10-14(16)20)17(22)19-15-8-11-2-4-21(15)5-3-11/h9-11,15H,2-8H2,1H3,(H,19,22)/t15-/m1/s1. The van der Waals surface area contributed by atoms with Crippen LogP contribution in [0.15, 0.2) is 12.1 Å². The van der Waals surface area contributed by atoms with Crippen LogP contribution in [-0.2, 0) is 0 Å². The predicted octanol–water partition coefficient (Wildman–Crippen LogP) is 2.34. The van der Waals surface area contributed by atoms with Gasteiger partial charge in [0.25, 0.3) is 5.91 Å². The third-order valence-corrected chi connectivity index (χ3v) is 5.53. The van der Waals surface area contributed by atoms with Gasteiger partial charge in [-0.3, -0.25) is 9.69 Å². The highest BCUT2D eigenvalue weighted by Gasteiger charge is 2.35. The van der Waals surface area contributed by atoms with Crippen molar-refractivity contribution in [2.75, 3.05) is 38.2 Å². The summed E-state index contributed by atoms with van der Waals surface area (Å²) >= 11 is 6.22. The summed E-state index contributed by atoms with van der Waals surface area (Å²) in [5.74, 6) is 1.31. The molecule has 4 heterocycles. The number of nitrogens with one attached hydrogen (secondary N) is 1. The molecule has 1 atom stereocenters. The lowest BCUT2D eigenvalue weighted by molar-refractivity contribution is 0.0294. The van der Waals surface area contributed by atoms with Crippen LogP contribution in [0.25, 0.3) is 0 Å². The Morgan fingerprint density at radius 2 is 2.09 bits per heavy atom. The van der Waals surface area contributed by atoms with Gasteiger partial charge in [0.15, 0.2) is 5.75 Å². The van der Waals surface area contributed by atoms with Crippen LogP contribution in [0.2, 0.25) is 5.02 Å². The molecule has 5 nitrogen and oxygen atoms in total.